The molecule has 118 valence electrons. The first kappa shape index (κ1) is 14.9. The molecule has 0 bridgehead atoms. The molecule has 2 fully saturated rings. The number of carbonyl (C=O) groups is 2. The van der Waals surface area contributed by atoms with Crippen LogP contribution in [-0.4, -0.2) is 38.0 Å². The topological polar surface area (TPSA) is 61.4 Å². The number of amides is 2. The highest BCUT2D eigenvalue weighted by molar-refractivity contribution is 6.01. The number of carbonyl (C=O) groups excluding carboxylic acids is 2. The van der Waals surface area contributed by atoms with Crippen LogP contribution in [0.15, 0.2) is 12.1 Å². The van der Waals surface area contributed by atoms with E-state index in [1.807, 2.05) is 11.9 Å². The largest absolute Gasteiger partial charge is 0.368 e. The summed E-state index contributed by atoms with van der Waals surface area (Å²) in [7, 11) is 1.84. The number of hydrogen-bond donors (Lipinski definition) is 2. The Morgan fingerprint density at radius 3 is 2.41 bits per heavy atom. The van der Waals surface area contributed by atoms with Crippen LogP contribution in [0.25, 0.3) is 0 Å². The summed E-state index contributed by atoms with van der Waals surface area (Å²) >= 11 is 0. The molecule has 1 aromatic carbocycles. The second-order valence-electron chi connectivity index (χ2n) is 5.72. The highest BCUT2D eigenvalue weighted by Gasteiger charge is 2.33. The van der Waals surface area contributed by atoms with Crippen LogP contribution in [-0.2, 0) is 9.59 Å². The summed E-state index contributed by atoms with van der Waals surface area (Å²) in [4.78, 5) is 24.8. The van der Waals surface area contributed by atoms with Gasteiger partial charge in [-0.2, -0.15) is 0 Å². The van der Waals surface area contributed by atoms with Crippen molar-refractivity contribution in [1.82, 2.24) is 10.6 Å². The number of nitrogens with one attached hydrogen (secondary N) is 2. The molecule has 0 aliphatic carbocycles. The van der Waals surface area contributed by atoms with E-state index < -0.39 is 29.4 Å². The molecule has 0 spiro atoms. The molecule has 2 heterocycles. The van der Waals surface area contributed by atoms with Crippen molar-refractivity contribution in [3.05, 3.63) is 29.3 Å². The first-order valence-electron chi connectivity index (χ1n) is 7.24. The summed E-state index contributed by atoms with van der Waals surface area (Å²) in [6.07, 6.45) is 0.219. The van der Waals surface area contributed by atoms with E-state index in [0.717, 1.165) is 0 Å². The molecule has 1 atom stereocenters. The van der Waals surface area contributed by atoms with Gasteiger partial charge in [-0.3, -0.25) is 14.9 Å². The Morgan fingerprint density at radius 2 is 1.86 bits per heavy atom. The van der Waals surface area contributed by atoms with Crippen LogP contribution in [0.3, 0.4) is 0 Å². The Morgan fingerprint density at radius 1 is 1.23 bits per heavy atom. The molecule has 2 saturated heterocycles. The number of likely N-dealkylation sites (N-methyl/N-ethyl adjacent to an activating group) is 1. The predicted octanol–water partition coefficient (Wildman–Crippen LogP) is 0.893. The van der Waals surface area contributed by atoms with Gasteiger partial charge in [-0.15, -0.1) is 0 Å². The molecular formula is C15H17F2N3O2. The molecule has 7 heteroatoms. The molecule has 0 aromatic heterocycles. The summed E-state index contributed by atoms with van der Waals surface area (Å²) < 4.78 is 28.6. The second-order valence-corrected chi connectivity index (χ2v) is 5.72. The SMILES string of the molecule is CNC1CN(c2cc(F)c(C3CCC(=O)NC3=O)c(F)c2)C1. The first-order valence-corrected chi connectivity index (χ1v) is 7.24. The minimum Gasteiger partial charge on any atom is -0.368 e. The Hall–Kier alpha value is -2.02. The molecule has 3 rings (SSSR count). The summed E-state index contributed by atoms with van der Waals surface area (Å²) in [5.74, 6) is -3.47. The van der Waals surface area contributed by atoms with Gasteiger partial charge in [0.15, 0.2) is 0 Å². The van der Waals surface area contributed by atoms with Gasteiger partial charge in [-0.1, -0.05) is 0 Å². The maximum atomic E-state index is 14.3. The Labute approximate surface area is 126 Å². The second kappa shape index (κ2) is 5.64. The van der Waals surface area contributed by atoms with Gasteiger partial charge in [-0.25, -0.2) is 8.78 Å². The van der Waals surface area contributed by atoms with E-state index in [-0.39, 0.29) is 18.4 Å². The molecule has 1 unspecified atom stereocenters. The van der Waals surface area contributed by atoms with Gasteiger partial charge < -0.3 is 10.2 Å². The van der Waals surface area contributed by atoms with Crippen molar-refractivity contribution >= 4 is 17.5 Å². The van der Waals surface area contributed by atoms with Crippen LogP contribution in [0.5, 0.6) is 0 Å². The molecule has 0 saturated carbocycles. The van der Waals surface area contributed by atoms with Crippen LogP contribution in [0.2, 0.25) is 0 Å². The number of hydrogen-bond acceptors (Lipinski definition) is 4. The third-order valence-electron chi connectivity index (χ3n) is 4.31. The number of nitrogens with zero attached hydrogens (tertiary/aromatic N) is 1. The van der Waals surface area contributed by atoms with Crippen molar-refractivity contribution < 1.29 is 18.4 Å². The van der Waals surface area contributed by atoms with Crippen LogP contribution < -0.4 is 15.5 Å². The fourth-order valence-corrected chi connectivity index (χ4v) is 2.93. The van der Waals surface area contributed by atoms with E-state index in [4.69, 9.17) is 0 Å². The average molecular weight is 309 g/mol. The zero-order valence-corrected chi connectivity index (χ0v) is 12.2. The number of halogens is 2. The molecule has 2 amide bonds. The fourth-order valence-electron chi connectivity index (χ4n) is 2.93. The van der Waals surface area contributed by atoms with Gasteiger partial charge in [0.1, 0.15) is 11.6 Å². The van der Waals surface area contributed by atoms with Crippen LogP contribution in [0.1, 0.15) is 24.3 Å². The van der Waals surface area contributed by atoms with Crippen LogP contribution >= 0.6 is 0 Å². The van der Waals surface area contributed by atoms with E-state index >= 15 is 0 Å². The van der Waals surface area contributed by atoms with Gasteiger partial charge in [0.2, 0.25) is 11.8 Å². The van der Waals surface area contributed by atoms with Crippen molar-refractivity contribution in [3.8, 4) is 0 Å². The first-order chi connectivity index (χ1) is 10.5. The minimum absolute atomic E-state index is 0.0903. The molecule has 22 heavy (non-hydrogen) atoms. The Kier molecular flexibility index (Phi) is 3.82. The summed E-state index contributed by atoms with van der Waals surface area (Å²) in [5.41, 5.74) is 0.219. The highest BCUT2D eigenvalue weighted by atomic mass is 19.1. The van der Waals surface area contributed by atoms with Gasteiger partial charge in [0, 0.05) is 36.8 Å². The van der Waals surface area contributed by atoms with E-state index in [2.05, 4.69) is 10.6 Å². The summed E-state index contributed by atoms with van der Waals surface area (Å²) in [5, 5.41) is 5.21. The third kappa shape index (κ3) is 2.56. The summed E-state index contributed by atoms with van der Waals surface area (Å²) in [6.45, 7) is 1.38. The maximum absolute atomic E-state index is 14.3. The maximum Gasteiger partial charge on any atom is 0.234 e. The highest BCUT2D eigenvalue weighted by Crippen LogP contribution is 2.33. The number of anilines is 1. The quantitative estimate of drug-likeness (QED) is 0.814. The van der Waals surface area contributed by atoms with Crippen LogP contribution in [0, 0.1) is 11.6 Å². The lowest BCUT2D eigenvalue weighted by Gasteiger charge is -2.41. The van der Waals surface area contributed by atoms with E-state index in [9.17, 15) is 18.4 Å². The van der Waals surface area contributed by atoms with Gasteiger partial charge in [0.05, 0.1) is 5.92 Å². The average Bonchev–Trinajstić information content (AvgIpc) is 2.39. The number of imide groups is 1. The molecule has 2 N–H and O–H groups in total. The molecule has 2 aliphatic rings. The zero-order chi connectivity index (χ0) is 15.9. The van der Waals surface area contributed by atoms with E-state index in [0.29, 0.717) is 24.8 Å². The molecule has 0 radical (unpaired) electrons. The van der Waals surface area contributed by atoms with Crippen molar-refractivity contribution in [1.29, 1.82) is 0 Å². The van der Waals surface area contributed by atoms with E-state index in [1.165, 1.54) is 12.1 Å². The minimum atomic E-state index is -0.951. The molecule has 5 nitrogen and oxygen atoms in total. The predicted molar refractivity (Wildman–Crippen MR) is 76.5 cm³/mol. The smallest absolute Gasteiger partial charge is 0.234 e. The standard InChI is InChI=1S/C15H17F2N3O2/c1-18-8-6-20(7-8)9-4-11(16)14(12(17)5-9)10-2-3-13(21)19-15(10)22/h4-5,8,10,18H,2-3,6-7H2,1H3,(H,19,21,22). The summed E-state index contributed by atoms with van der Waals surface area (Å²) in [6, 6.07) is 2.84. The molecule has 2 aliphatic heterocycles. The lowest BCUT2D eigenvalue weighted by atomic mass is 9.89. The van der Waals surface area contributed by atoms with E-state index in [1.54, 1.807) is 0 Å². The van der Waals surface area contributed by atoms with Crippen LogP contribution in [0.4, 0.5) is 14.5 Å². The lowest BCUT2D eigenvalue weighted by molar-refractivity contribution is -0.134. The van der Waals surface area contributed by atoms with Gasteiger partial charge in [-0.05, 0) is 25.6 Å². The monoisotopic (exact) mass is 309 g/mol. The Balaban J connectivity index is 1.84. The normalized spacial score (nSPS) is 22.5. The third-order valence-corrected chi connectivity index (χ3v) is 4.31. The van der Waals surface area contributed by atoms with Crippen molar-refractivity contribution in [2.24, 2.45) is 0 Å². The van der Waals surface area contributed by atoms with Gasteiger partial charge >= 0.3 is 0 Å². The fraction of sp³-hybridized carbons (Fsp3) is 0.467. The zero-order valence-electron chi connectivity index (χ0n) is 12.2. The van der Waals surface area contributed by atoms with Gasteiger partial charge in [0.25, 0.3) is 0 Å². The van der Waals surface area contributed by atoms with Crippen molar-refractivity contribution in [2.75, 3.05) is 25.0 Å². The number of piperidine rings is 1. The number of rotatable bonds is 3. The Bertz CT molecular complexity index is 606. The number of benzene rings is 1. The van der Waals surface area contributed by atoms with Crippen molar-refractivity contribution in [2.45, 2.75) is 24.8 Å². The lowest BCUT2D eigenvalue weighted by Crippen LogP contribution is -2.57. The van der Waals surface area contributed by atoms with Crippen molar-refractivity contribution in [3.63, 3.8) is 0 Å². The molecule has 1 aromatic rings. The molecular weight excluding hydrogens is 292 g/mol.